The third kappa shape index (κ3) is 28.7. The van der Waals surface area contributed by atoms with Gasteiger partial charge < -0.3 is 95.7 Å². The Labute approximate surface area is 640 Å². The Hall–Kier alpha value is -11.8. The number of likely N-dealkylation sites (tertiary alicyclic amines) is 1. The molecule has 0 spiro atoms. The summed E-state index contributed by atoms with van der Waals surface area (Å²) in [6.45, 7) is 4.88. The lowest BCUT2D eigenvalue weighted by Crippen LogP contribution is -2.61. The summed E-state index contributed by atoms with van der Waals surface area (Å²) in [5.41, 5.74) is 12.9. The molecule has 0 bridgehead atoms. The van der Waals surface area contributed by atoms with Crippen molar-refractivity contribution in [2.45, 2.75) is 171 Å². The highest BCUT2D eigenvalue weighted by atomic mass is 35.5. The summed E-state index contributed by atoms with van der Waals surface area (Å²) < 4.78 is 0. The highest BCUT2D eigenvalue weighted by Gasteiger charge is 2.40. The van der Waals surface area contributed by atoms with E-state index in [1.165, 1.54) is 55.4 Å². The normalized spacial score (nSPS) is 15.1. The van der Waals surface area contributed by atoms with Gasteiger partial charge in [-0.2, -0.15) is 0 Å². The monoisotopic (exact) mass is 1540 g/mol. The quantitative estimate of drug-likeness (QED) is 0.00884. The highest BCUT2D eigenvalue weighted by molar-refractivity contribution is 6.30. The minimum atomic E-state index is -1.88. The second-order valence-corrected chi connectivity index (χ2v) is 27.5. The third-order valence-electron chi connectivity index (χ3n) is 18.0. The Morgan fingerprint density at radius 1 is 0.564 bits per heavy atom. The van der Waals surface area contributed by atoms with Gasteiger partial charge in [-0.25, -0.2) is 0 Å². The number of hydrogen-bond donors (Lipinski definition) is 18. The standard InChI is InChI=1S/C75H99ClN18O16/c1-43(2)32-56(67(103)88-55(16-10-30-83-75(78)79)74(110)94-31-11-17-63(94)73(109)85-44(3)64(77)100)89-66(102)54(15-7-8-29-82-65(101)61(84-42-97)39-81-41-96)87-69(105)58(35-47-21-26-53(99)27-22-47)92-72(108)62(40-95)93-71(107)60(37-49-12-9-28-80-38-49)91-70(106)59(34-46-19-24-52(76)25-20-46)90-68(104)57(86-45(4)98)36-48-18-23-50-13-5-6-14-51(50)33-48/h5-6,9,12-14,18-28,33,38,41-44,54-63,95,99H,7-8,10-11,15-17,29-32,34-37,39-40H2,1-4H3,(H2,77,100)(H,81,96)(H,82,101)(H,84,97)(H,85,109)(H,86,98)(H,87,105)(H,88,103)(H,89,102)(H,90,104)(H,91,106)(H,92,108)(H,93,107)(H4,78,79,83)/t44-,54-,55+,56+,57-,58+,59-,60-,61?,62+,63+/m1/s1. The molecule has 4 aromatic carbocycles. The van der Waals surface area contributed by atoms with Crippen molar-refractivity contribution < 1.29 is 77.3 Å². The zero-order valence-corrected chi connectivity index (χ0v) is 62.4. The van der Waals surface area contributed by atoms with Gasteiger partial charge in [-0.15, -0.1) is 0 Å². The first-order valence-corrected chi connectivity index (χ1v) is 36.5. The van der Waals surface area contributed by atoms with Crippen molar-refractivity contribution in [3.63, 3.8) is 0 Å². The smallest absolute Gasteiger partial charge is 0.245 e. The Morgan fingerprint density at radius 3 is 1.65 bits per heavy atom. The fourth-order valence-corrected chi connectivity index (χ4v) is 12.3. The molecule has 1 unspecified atom stereocenters. The molecular weight excluding hydrogens is 1440 g/mol. The Balaban J connectivity index is 1.29. The minimum Gasteiger partial charge on any atom is -0.508 e. The molecule has 1 saturated heterocycles. The number of guanidine groups is 1. The van der Waals surface area contributed by atoms with E-state index in [1.807, 2.05) is 42.5 Å². The van der Waals surface area contributed by atoms with Crippen molar-refractivity contribution >= 4 is 112 Å². The van der Waals surface area contributed by atoms with Gasteiger partial charge in [0.05, 0.1) is 6.61 Å². The van der Waals surface area contributed by atoms with Crippen LogP contribution in [0, 0.1) is 11.3 Å². The van der Waals surface area contributed by atoms with E-state index >= 15 is 9.59 Å². The highest BCUT2D eigenvalue weighted by Crippen LogP contribution is 2.22. The van der Waals surface area contributed by atoms with Crippen LogP contribution in [0.3, 0.4) is 0 Å². The molecule has 20 N–H and O–H groups in total. The molecular formula is C75H99ClN18O16. The van der Waals surface area contributed by atoms with Gasteiger partial charge in [0.15, 0.2) is 5.96 Å². The number of halogens is 1. The predicted molar refractivity (Wildman–Crippen MR) is 405 cm³/mol. The zero-order valence-electron chi connectivity index (χ0n) is 61.6. The second-order valence-electron chi connectivity index (χ2n) is 27.1. The van der Waals surface area contributed by atoms with Crippen molar-refractivity contribution in [1.82, 2.24) is 79.0 Å². The number of phenols is 1. The number of pyridine rings is 1. The van der Waals surface area contributed by atoms with Crippen LogP contribution in [0.1, 0.15) is 101 Å². The number of aliphatic hydroxyl groups excluding tert-OH is 1. The fourth-order valence-electron chi connectivity index (χ4n) is 12.2. The number of aromatic hydroxyl groups is 1. The molecule has 1 aromatic heterocycles. The molecule has 2 heterocycles. The number of carbonyl (C=O) groups is 14. The number of nitrogens with one attached hydrogen (secondary N) is 14. The molecule has 14 amide bonds. The third-order valence-corrected chi connectivity index (χ3v) is 18.2. The summed E-state index contributed by atoms with van der Waals surface area (Å²) in [5.74, 6) is -10.9. The number of carbonyl (C=O) groups excluding carboxylic acids is 14. The Bertz CT molecular complexity index is 4010. The SMILES string of the molecule is CC(=O)N[C@H](Cc1ccc2ccccc2c1)C(=O)N[C@H](Cc1ccc(Cl)cc1)C(=O)N[C@H](Cc1cccnc1)C(=O)N[C@@H](CO)C(=O)N[C@@H](Cc1ccc(O)cc1)C(=O)N[C@H](CCCCNC(=O)C(CNC=O)NC=O)C(=O)N[C@@H](CC(C)C)C(=O)N[C@@H](CCCNC(=N)N)C(=O)N1CCC[C@H]1C(=O)N[C@H](C)C(N)=O. The van der Waals surface area contributed by atoms with Crippen molar-refractivity contribution in [3.05, 3.63) is 143 Å². The molecule has 0 radical (unpaired) electrons. The van der Waals surface area contributed by atoms with Gasteiger partial charge in [0.25, 0.3) is 0 Å². The molecule has 6 rings (SSSR count). The van der Waals surface area contributed by atoms with Gasteiger partial charge in [0.1, 0.15) is 72.2 Å². The van der Waals surface area contributed by atoms with Crippen molar-refractivity contribution in [3.8, 4) is 5.75 Å². The van der Waals surface area contributed by atoms with E-state index in [-0.39, 0.29) is 121 Å². The second kappa shape index (κ2) is 44.5. The van der Waals surface area contributed by atoms with Gasteiger partial charge in [-0.05, 0) is 128 Å². The van der Waals surface area contributed by atoms with Crippen LogP contribution >= 0.6 is 11.6 Å². The van der Waals surface area contributed by atoms with Gasteiger partial charge in [-0.3, -0.25) is 77.5 Å². The largest absolute Gasteiger partial charge is 0.508 e. The van der Waals surface area contributed by atoms with Gasteiger partial charge in [0.2, 0.25) is 83.7 Å². The summed E-state index contributed by atoms with van der Waals surface area (Å²) in [7, 11) is 0. The molecule has 592 valence electrons. The van der Waals surface area contributed by atoms with Crippen LogP contribution in [0.2, 0.25) is 5.02 Å². The lowest BCUT2D eigenvalue weighted by molar-refractivity contribution is -0.142. The number of aliphatic hydroxyl groups is 1. The lowest BCUT2D eigenvalue weighted by Gasteiger charge is -2.31. The average Bonchev–Trinajstić information content (AvgIpc) is 1.60. The van der Waals surface area contributed by atoms with Crippen LogP contribution in [0.4, 0.5) is 0 Å². The van der Waals surface area contributed by atoms with Crippen molar-refractivity contribution in [1.29, 1.82) is 5.41 Å². The molecule has 11 atom stereocenters. The number of fused-ring (bicyclic) bond motifs is 1. The van der Waals surface area contributed by atoms with Gasteiger partial charge in [-0.1, -0.05) is 98.2 Å². The maximum absolute atomic E-state index is 15.1. The number of unbranched alkanes of at least 4 members (excludes halogenated alkanes) is 1. The number of benzene rings is 4. The first-order valence-electron chi connectivity index (χ1n) is 36.1. The van der Waals surface area contributed by atoms with Crippen molar-refractivity contribution in [2.75, 3.05) is 32.8 Å². The molecule has 5 aromatic rings. The number of primary amides is 1. The number of nitrogens with zero attached hydrogens (tertiary/aromatic N) is 2. The number of hydrogen-bond acceptors (Lipinski definition) is 18. The molecule has 1 aliphatic heterocycles. The van der Waals surface area contributed by atoms with E-state index in [9.17, 15) is 67.7 Å². The van der Waals surface area contributed by atoms with Crippen molar-refractivity contribution in [2.24, 2.45) is 17.4 Å². The van der Waals surface area contributed by atoms with Crippen LogP contribution in [-0.2, 0) is 92.8 Å². The number of aromatic nitrogens is 1. The Morgan fingerprint density at radius 2 is 1.08 bits per heavy atom. The maximum Gasteiger partial charge on any atom is 0.245 e. The summed E-state index contributed by atoms with van der Waals surface area (Å²) >= 11 is 6.24. The van der Waals surface area contributed by atoms with E-state index in [0.717, 1.165) is 10.8 Å². The molecule has 1 fully saturated rings. The Kier molecular flexibility index (Phi) is 35.2. The number of rotatable bonds is 45. The van der Waals surface area contributed by atoms with Crippen LogP contribution in [0.15, 0.2) is 116 Å². The summed E-state index contributed by atoms with van der Waals surface area (Å²) in [6.07, 6.45) is 3.27. The van der Waals surface area contributed by atoms with E-state index in [4.69, 9.17) is 28.5 Å². The summed E-state index contributed by atoms with van der Waals surface area (Å²) in [6, 6.07) is 12.7. The minimum absolute atomic E-state index is 0.0117. The first kappa shape index (κ1) is 87.1. The molecule has 0 saturated carbocycles. The maximum atomic E-state index is 15.1. The number of nitrogens with two attached hydrogens (primary N) is 2. The molecule has 0 aliphatic carbocycles. The molecule has 35 heteroatoms. The van der Waals surface area contributed by atoms with Crippen LogP contribution < -0.4 is 80.6 Å². The summed E-state index contributed by atoms with van der Waals surface area (Å²) in [5, 5.41) is 64.9. The zero-order chi connectivity index (χ0) is 80.4. The van der Waals surface area contributed by atoms with E-state index in [1.54, 1.807) is 50.2 Å². The lowest BCUT2D eigenvalue weighted by atomic mass is 9.99. The van der Waals surface area contributed by atoms with Crippen LogP contribution in [-0.4, -0.2) is 209 Å². The van der Waals surface area contributed by atoms with Gasteiger partial charge >= 0.3 is 0 Å². The first-order chi connectivity index (χ1) is 52.5. The summed E-state index contributed by atoms with van der Waals surface area (Å²) in [4.78, 5) is 197. The number of amides is 14. The predicted octanol–water partition coefficient (Wildman–Crippen LogP) is -1.81. The van der Waals surface area contributed by atoms with E-state index in [2.05, 4.69) is 74.1 Å². The molecule has 1 aliphatic rings. The fraction of sp³-hybridized carbons (Fsp3) is 0.440. The van der Waals surface area contributed by atoms with Crippen LogP contribution in [0.25, 0.3) is 10.8 Å². The average molecular weight is 1540 g/mol. The van der Waals surface area contributed by atoms with E-state index in [0.29, 0.717) is 40.1 Å². The molecule has 110 heavy (non-hydrogen) atoms. The van der Waals surface area contributed by atoms with Crippen LogP contribution in [0.5, 0.6) is 5.75 Å². The van der Waals surface area contributed by atoms with E-state index < -0.39 is 144 Å². The number of phenolic OH excluding ortho intramolecular Hbond substituents is 1. The van der Waals surface area contributed by atoms with Gasteiger partial charge in [0, 0.05) is 76.2 Å². The topological polar surface area (TPSA) is 528 Å². The molecule has 34 nitrogen and oxygen atoms in total.